The Morgan fingerprint density at radius 2 is 1.95 bits per heavy atom. The molecule has 0 saturated carbocycles. The molecule has 0 bridgehead atoms. The van der Waals surface area contributed by atoms with Crippen LogP contribution in [0, 0.1) is 11.6 Å². The van der Waals surface area contributed by atoms with E-state index in [0.29, 0.717) is 17.2 Å². The summed E-state index contributed by atoms with van der Waals surface area (Å²) in [6, 6.07) is 9.29. The van der Waals surface area contributed by atoms with E-state index in [1.54, 1.807) is 18.2 Å². The molecule has 6 heteroatoms. The molecule has 4 nitrogen and oxygen atoms in total. The first kappa shape index (κ1) is 11.6. The van der Waals surface area contributed by atoms with Crippen LogP contribution < -0.4 is 5.32 Å². The van der Waals surface area contributed by atoms with Crippen LogP contribution in [0.2, 0.25) is 0 Å². The van der Waals surface area contributed by atoms with Crippen molar-refractivity contribution >= 4 is 11.6 Å². The first-order valence-electron chi connectivity index (χ1n) is 5.71. The molecule has 1 aromatic carbocycles. The maximum atomic E-state index is 13.4. The van der Waals surface area contributed by atoms with Gasteiger partial charge in [-0.25, -0.2) is 13.3 Å². The molecule has 0 saturated heterocycles. The zero-order valence-electron chi connectivity index (χ0n) is 9.85. The van der Waals surface area contributed by atoms with Gasteiger partial charge in [-0.05, 0) is 18.2 Å². The van der Waals surface area contributed by atoms with Gasteiger partial charge in [0.1, 0.15) is 11.6 Å². The van der Waals surface area contributed by atoms with E-state index in [2.05, 4.69) is 15.4 Å². The van der Waals surface area contributed by atoms with E-state index in [1.807, 2.05) is 0 Å². The first-order valence-corrected chi connectivity index (χ1v) is 5.71. The second kappa shape index (κ2) is 4.64. The summed E-state index contributed by atoms with van der Waals surface area (Å²) in [4.78, 5) is 4.15. The molecule has 0 aliphatic carbocycles. The smallest absolute Gasteiger partial charge is 0.243 e. The Labute approximate surface area is 107 Å². The largest absolute Gasteiger partial charge is 0.349 e. The molecule has 0 spiro atoms. The number of pyridine rings is 1. The number of fused-ring (bicyclic) bond motifs is 1. The quantitative estimate of drug-likeness (QED) is 0.787. The third kappa shape index (κ3) is 2.37. The fourth-order valence-electron chi connectivity index (χ4n) is 1.75. The molecule has 0 aliphatic heterocycles. The molecule has 3 rings (SSSR count). The van der Waals surface area contributed by atoms with Crippen molar-refractivity contribution in [3.63, 3.8) is 0 Å². The van der Waals surface area contributed by atoms with Gasteiger partial charge in [0.05, 0.1) is 6.20 Å². The first-order chi connectivity index (χ1) is 9.22. The maximum Gasteiger partial charge on any atom is 0.243 e. The fraction of sp³-hybridized carbons (Fsp3) is 0.0769. The van der Waals surface area contributed by atoms with E-state index >= 15 is 0 Å². The number of nitrogens with zero attached hydrogens (tertiary/aromatic N) is 3. The molecular weight excluding hydrogens is 250 g/mol. The van der Waals surface area contributed by atoms with Crippen molar-refractivity contribution in [2.75, 3.05) is 5.32 Å². The van der Waals surface area contributed by atoms with Gasteiger partial charge in [-0.3, -0.25) is 0 Å². The summed E-state index contributed by atoms with van der Waals surface area (Å²) >= 11 is 0. The number of benzene rings is 1. The van der Waals surface area contributed by atoms with Crippen LogP contribution in [0.1, 0.15) is 5.56 Å². The topological polar surface area (TPSA) is 42.2 Å². The number of anilines is 1. The number of aromatic nitrogens is 3. The molecule has 1 N–H and O–H groups in total. The Kier molecular flexibility index (Phi) is 2.83. The molecule has 0 fully saturated rings. The Balaban J connectivity index is 1.80. The molecule has 96 valence electrons. The highest BCUT2D eigenvalue weighted by Crippen LogP contribution is 2.10. The molecule has 2 heterocycles. The normalized spacial score (nSPS) is 10.8. The molecule has 0 amide bonds. The lowest BCUT2D eigenvalue weighted by molar-refractivity contribution is 0.612. The number of hydrogen-bond donors (Lipinski definition) is 1. The number of rotatable bonds is 3. The van der Waals surface area contributed by atoms with Crippen LogP contribution in [0.3, 0.4) is 0 Å². The van der Waals surface area contributed by atoms with Crippen LogP contribution in [0.25, 0.3) is 5.65 Å². The third-order valence-electron chi connectivity index (χ3n) is 2.69. The summed E-state index contributed by atoms with van der Waals surface area (Å²) in [5.41, 5.74) is 1.05. The van der Waals surface area contributed by atoms with Crippen molar-refractivity contribution in [3.8, 4) is 0 Å². The Morgan fingerprint density at radius 1 is 1.11 bits per heavy atom. The summed E-state index contributed by atoms with van der Waals surface area (Å²) in [7, 11) is 0. The van der Waals surface area contributed by atoms with Gasteiger partial charge in [0.15, 0.2) is 5.65 Å². The monoisotopic (exact) mass is 260 g/mol. The SMILES string of the molecule is Fc1ccc2nc(NCc3ccccc3F)nn2c1. The number of hydrogen-bond acceptors (Lipinski definition) is 3. The highest BCUT2D eigenvalue weighted by atomic mass is 19.1. The highest BCUT2D eigenvalue weighted by molar-refractivity contribution is 5.43. The Morgan fingerprint density at radius 3 is 2.79 bits per heavy atom. The van der Waals surface area contributed by atoms with E-state index in [9.17, 15) is 8.78 Å². The Hall–Kier alpha value is -2.50. The lowest BCUT2D eigenvalue weighted by Crippen LogP contribution is -2.03. The van der Waals surface area contributed by atoms with Crippen molar-refractivity contribution in [1.82, 2.24) is 14.6 Å². The molecule has 0 unspecified atom stereocenters. The lowest BCUT2D eigenvalue weighted by atomic mass is 10.2. The van der Waals surface area contributed by atoms with Gasteiger partial charge in [-0.15, -0.1) is 5.10 Å². The van der Waals surface area contributed by atoms with Crippen molar-refractivity contribution in [3.05, 3.63) is 59.8 Å². The van der Waals surface area contributed by atoms with Gasteiger partial charge in [0, 0.05) is 12.1 Å². The molecule has 3 aromatic rings. The van der Waals surface area contributed by atoms with Gasteiger partial charge >= 0.3 is 0 Å². The molecule has 19 heavy (non-hydrogen) atoms. The molecular formula is C13H10F2N4. The maximum absolute atomic E-state index is 13.4. The molecule has 0 radical (unpaired) electrons. The zero-order chi connectivity index (χ0) is 13.2. The van der Waals surface area contributed by atoms with Gasteiger partial charge in [-0.2, -0.15) is 4.98 Å². The minimum Gasteiger partial charge on any atom is -0.349 e. The average Bonchev–Trinajstić information content (AvgIpc) is 2.79. The van der Waals surface area contributed by atoms with Gasteiger partial charge in [-0.1, -0.05) is 18.2 Å². The second-order valence-electron chi connectivity index (χ2n) is 4.03. The van der Waals surface area contributed by atoms with Crippen molar-refractivity contribution in [2.45, 2.75) is 6.54 Å². The molecule has 0 atom stereocenters. The van der Waals surface area contributed by atoms with E-state index < -0.39 is 5.82 Å². The van der Waals surface area contributed by atoms with E-state index in [1.165, 1.54) is 28.9 Å². The fourth-order valence-corrected chi connectivity index (χ4v) is 1.75. The van der Waals surface area contributed by atoms with E-state index in [4.69, 9.17) is 0 Å². The summed E-state index contributed by atoms with van der Waals surface area (Å²) in [5.74, 6) is -0.350. The standard InChI is InChI=1S/C13H10F2N4/c14-10-5-6-12-17-13(18-19(12)8-10)16-7-9-3-1-2-4-11(9)15/h1-6,8H,7H2,(H,16,18). The number of halogens is 2. The average molecular weight is 260 g/mol. The van der Waals surface area contributed by atoms with Crippen molar-refractivity contribution < 1.29 is 8.78 Å². The van der Waals surface area contributed by atoms with E-state index in [-0.39, 0.29) is 12.4 Å². The zero-order valence-corrected chi connectivity index (χ0v) is 9.85. The highest BCUT2D eigenvalue weighted by Gasteiger charge is 2.05. The van der Waals surface area contributed by atoms with Crippen molar-refractivity contribution in [2.24, 2.45) is 0 Å². The van der Waals surface area contributed by atoms with Gasteiger partial charge in [0.25, 0.3) is 0 Å². The van der Waals surface area contributed by atoms with Crippen LogP contribution in [0.5, 0.6) is 0 Å². The number of nitrogens with one attached hydrogen (secondary N) is 1. The van der Waals surface area contributed by atoms with Crippen LogP contribution in [0.15, 0.2) is 42.6 Å². The van der Waals surface area contributed by atoms with Crippen LogP contribution >= 0.6 is 0 Å². The van der Waals surface area contributed by atoms with Crippen LogP contribution in [-0.4, -0.2) is 14.6 Å². The van der Waals surface area contributed by atoms with Crippen molar-refractivity contribution in [1.29, 1.82) is 0 Å². The molecule has 2 aromatic heterocycles. The molecule has 0 aliphatic rings. The van der Waals surface area contributed by atoms with Crippen LogP contribution in [0.4, 0.5) is 14.7 Å². The van der Waals surface area contributed by atoms with Crippen LogP contribution in [-0.2, 0) is 6.54 Å². The lowest BCUT2D eigenvalue weighted by Gasteiger charge is -2.02. The summed E-state index contributed by atoms with van der Waals surface area (Å²) in [5, 5.41) is 6.96. The predicted octanol–water partition coefficient (Wildman–Crippen LogP) is 2.62. The van der Waals surface area contributed by atoms with E-state index in [0.717, 1.165) is 0 Å². The second-order valence-corrected chi connectivity index (χ2v) is 4.03. The minimum absolute atomic E-state index is 0.270. The van der Waals surface area contributed by atoms with Gasteiger partial charge in [0.2, 0.25) is 5.95 Å². The Bertz CT molecular complexity index is 723. The third-order valence-corrected chi connectivity index (χ3v) is 2.69. The minimum atomic E-state index is -0.391. The summed E-state index contributed by atoms with van der Waals surface area (Å²) < 4.78 is 27.7. The summed E-state index contributed by atoms with van der Waals surface area (Å²) in [6.07, 6.45) is 1.23. The predicted molar refractivity (Wildman–Crippen MR) is 66.7 cm³/mol. The summed E-state index contributed by atoms with van der Waals surface area (Å²) in [6.45, 7) is 0.270. The van der Waals surface area contributed by atoms with Gasteiger partial charge < -0.3 is 5.32 Å².